The molecule has 1 aromatic carbocycles. The Kier molecular flexibility index (Phi) is 5.43. The van der Waals surface area contributed by atoms with Crippen LogP contribution in [-0.4, -0.2) is 0 Å². The van der Waals surface area contributed by atoms with Crippen molar-refractivity contribution in [1.82, 2.24) is 0 Å². The summed E-state index contributed by atoms with van der Waals surface area (Å²) in [5, 5.41) is 0.875. The molecule has 0 aliphatic carbocycles. The summed E-state index contributed by atoms with van der Waals surface area (Å²) in [5.74, 6) is 6.35. The first-order chi connectivity index (χ1) is 7.65. The second-order valence-electron chi connectivity index (χ2n) is 4.13. The standard InChI is InChI=1S/C15H19Cl/c1-4-5-6-7-8-9-14-10-12(2)13(3)11-15(14)16/h10-11H,4-5,8-9H2,1-3H3. The van der Waals surface area contributed by atoms with E-state index < -0.39 is 0 Å². The Morgan fingerprint density at radius 3 is 2.38 bits per heavy atom. The molecule has 0 fully saturated rings. The maximum absolute atomic E-state index is 6.19. The second-order valence-corrected chi connectivity index (χ2v) is 4.54. The van der Waals surface area contributed by atoms with Gasteiger partial charge in [0.25, 0.3) is 0 Å². The first kappa shape index (κ1) is 13.1. The third-order valence-electron chi connectivity index (χ3n) is 2.68. The number of hydrogen-bond donors (Lipinski definition) is 0. The molecule has 0 aliphatic rings. The van der Waals surface area contributed by atoms with Gasteiger partial charge in [-0.2, -0.15) is 0 Å². The van der Waals surface area contributed by atoms with E-state index in [1.54, 1.807) is 0 Å². The van der Waals surface area contributed by atoms with Gasteiger partial charge in [-0.25, -0.2) is 0 Å². The Hall–Kier alpha value is -0.930. The lowest BCUT2D eigenvalue weighted by molar-refractivity contribution is 0.973. The summed E-state index contributed by atoms with van der Waals surface area (Å²) in [7, 11) is 0. The van der Waals surface area contributed by atoms with E-state index in [1.807, 2.05) is 6.07 Å². The van der Waals surface area contributed by atoms with Gasteiger partial charge in [-0.15, -0.1) is 11.8 Å². The molecule has 0 N–H and O–H groups in total. The van der Waals surface area contributed by atoms with Crippen LogP contribution >= 0.6 is 11.6 Å². The van der Waals surface area contributed by atoms with Gasteiger partial charge in [0.15, 0.2) is 0 Å². The molecular weight excluding hydrogens is 216 g/mol. The number of unbranched alkanes of at least 4 members (excludes halogenated alkanes) is 1. The van der Waals surface area contributed by atoms with Gasteiger partial charge in [0.2, 0.25) is 0 Å². The van der Waals surface area contributed by atoms with Crippen LogP contribution in [0.3, 0.4) is 0 Å². The predicted molar refractivity (Wildman–Crippen MR) is 71.9 cm³/mol. The molecule has 0 radical (unpaired) electrons. The number of hydrogen-bond acceptors (Lipinski definition) is 0. The van der Waals surface area contributed by atoms with Crippen LogP contribution in [0.25, 0.3) is 0 Å². The maximum Gasteiger partial charge on any atom is 0.0441 e. The highest BCUT2D eigenvalue weighted by atomic mass is 35.5. The largest absolute Gasteiger partial charge is 0.103 e. The Bertz CT molecular complexity index is 407. The molecule has 0 nitrogen and oxygen atoms in total. The first-order valence-electron chi connectivity index (χ1n) is 5.86. The van der Waals surface area contributed by atoms with E-state index in [4.69, 9.17) is 11.6 Å². The lowest BCUT2D eigenvalue weighted by Crippen LogP contribution is -1.90. The van der Waals surface area contributed by atoms with Crippen LogP contribution in [0.5, 0.6) is 0 Å². The number of halogens is 1. The lowest BCUT2D eigenvalue weighted by Gasteiger charge is -2.06. The number of benzene rings is 1. The summed E-state index contributed by atoms with van der Waals surface area (Å²) >= 11 is 6.19. The van der Waals surface area contributed by atoms with Crippen molar-refractivity contribution in [3.63, 3.8) is 0 Å². The Labute approximate surface area is 104 Å². The predicted octanol–water partition coefficient (Wildman–Crippen LogP) is 4.69. The minimum Gasteiger partial charge on any atom is -0.103 e. The van der Waals surface area contributed by atoms with Gasteiger partial charge in [-0.1, -0.05) is 24.6 Å². The topological polar surface area (TPSA) is 0 Å². The van der Waals surface area contributed by atoms with Crippen molar-refractivity contribution >= 4 is 11.6 Å². The third-order valence-corrected chi connectivity index (χ3v) is 3.03. The van der Waals surface area contributed by atoms with Gasteiger partial charge < -0.3 is 0 Å². The van der Waals surface area contributed by atoms with E-state index in [1.165, 1.54) is 16.7 Å². The maximum atomic E-state index is 6.19. The fraction of sp³-hybridized carbons (Fsp3) is 0.467. The number of rotatable bonds is 3. The summed E-state index contributed by atoms with van der Waals surface area (Å²) in [5.41, 5.74) is 3.78. The molecule has 0 aromatic heterocycles. The average Bonchev–Trinajstić information content (AvgIpc) is 2.25. The first-order valence-corrected chi connectivity index (χ1v) is 6.24. The highest BCUT2D eigenvalue weighted by molar-refractivity contribution is 6.31. The van der Waals surface area contributed by atoms with Gasteiger partial charge in [0, 0.05) is 17.9 Å². The average molecular weight is 235 g/mol. The van der Waals surface area contributed by atoms with Crippen molar-refractivity contribution in [1.29, 1.82) is 0 Å². The summed E-state index contributed by atoms with van der Waals surface area (Å²) in [4.78, 5) is 0. The van der Waals surface area contributed by atoms with Gasteiger partial charge in [-0.05, 0) is 49.4 Å². The van der Waals surface area contributed by atoms with Gasteiger partial charge >= 0.3 is 0 Å². The Morgan fingerprint density at radius 1 is 1.06 bits per heavy atom. The van der Waals surface area contributed by atoms with Gasteiger partial charge in [0.1, 0.15) is 0 Å². The molecule has 0 atom stereocenters. The molecule has 0 amide bonds. The highest BCUT2D eigenvalue weighted by Crippen LogP contribution is 2.21. The zero-order valence-electron chi connectivity index (χ0n) is 10.4. The van der Waals surface area contributed by atoms with Crippen LogP contribution in [0.1, 0.15) is 42.9 Å². The molecule has 0 unspecified atom stereocenters. The molecule has 0 saturated heterocycles. The van der Waals surface area contributed by atoms with Crippen molar-refractivity contribution in [3.8, 4) is 11.8 Å². The van der Waals surface area contributed by atoms with E-state index in [0.717, 1.165) is 30.7 Å². The molecule has 0 bridgehead atoms. The van der Waals surface area contributed by atoms with E-state index >= 15 is 0 Å². The zero-order chi connectivity index (χ0) is 12.0. The molecule has 0 heterocycles. The number of aryl methyl sites for hydroxylation is 3. The molecule has 86 valence electrons. The lowest BCUT2D eigenvalue weighted by atomic mass is 10.0. The Balaban J connectivity index is 2.62. The molecule has 0 spiro atoms. The van der Waals surface area contributed by atoms with E-state index in [9.17, 15) is 0 Å². The quantitative estimate of drug-likeness (QED) is 0.666. The monoisotopic (exact) mass is 234 g/mol. The van der Waals surface area contributed by atoms with Crippen molar-refractivity contribution in [2.75, 3.05) is 0 Å². The summed E-state index contributed by atoms with van der Waals surface area (Å²) in [6.07, 6.45) is 4.00. The van der Waals surface area contributed by atoms with E-state index in [0.29, 0.717) is 0 Å². The summed E-state index contributed by atoms with van der Waals surface area (Å²) in [6.45, 7) is 6.36. The fourth-order valence-electron chi connectivity index (χ4n) is 1.53. The fourth-order valence-corrected chi connectivity index (χ4v) is 1.84. The minimum atomic E-state index is 0.875. The normalized spacial score (nSPS) is 9.75. The van der Waals surface area contributed by atoms with Crippen LogP contribution in [0.15, 0.2) is 12.1 Å². The highest BCUT2D eigenvalue weighted by Gasteiger charge is 2.02. The van der Waals surface area contributed by atoms with Crippen LogP contribution in [0.2, 0.25) is 5.02 Å². The van der Waals surface area contributed by atoms with Crippen molar-refractivity contribution < 1.29 is 0 Å². The zero-order valence-corrected chi connectivity index (χ0v) is 11.1. The van der Waals surface area contributed by atoms with Gasteiger partial charge in [0.05, 0.1) is 0 Å². The second kappa shape index (κ2) is 6.61. The summed E-state index contributed by atoms with van der Waals surface area (Å²) < 4.78 is 0. The van der Waals surface area contributed by atoms with Crippen LogP contribution in [0.4, 0.5) is 0 Å². The Morgan fingerprint density at radius 2 is 1.69 bits per heavy atom. The van der Waals surface area contributed by atoms with Crippen molar-refractivity contribution in [2.45, 2.75) is 46.5 Å². The molecule has 16 heavy (non-hydrogen) atoms. The van der Waals surface area contributed by atoms with E-state index in [2.05, 4.69) is 38.7 Å². The van der Waals surface area contributed by atoms with E-state index in [-0.39, 0.29) is 0 Å². The molecule has 1 aromatic rings. The van der Waals surface area contributed by atoms with Crippen molar-refractivity contribution in [3.05, 3.63) is 33.8 Å². The minimum absolute atomic E-state index is 0.875. The molecule has 0 aliphatic heterocycles. The van der Waals surface area contributed by atoms with Crippen LogP contribution < -0.4 is 0 Å². The molecular formula is C15H19Cl. The SMILES string of the molecule is CCCC#CCCc1cc(C)c(C)cc1Cl. The smallest absolute Gasteiger partial charge is 0.0441 e. The molecule has 1 heteroatoms. The van der Waals surface area contributed by atoms with Crippen molar-refractivity contribution in [2.24, 2.45) is 0 Å². The van der Waals surface area contributed by atoms with Gasteiger partial charge in [-0.3, -0.25) is 0 Å². The van der Waals surface area contributed by atoms with Crippen LogP contribution in [-0.2, 0) is 6.42 Å². The molecule has 1 rings (SSSR count). The summed E-state index contributed by atoms with van der Waals surface area (Å²) in [6, 6.07) is 4.23. The van der Waals surface area contributed by atoms with Crippen LogP contribution in [0, 0.1) is 25.7 Å². The third kappa shape index (κ3) is 3.91. The molecule has 0 saturated carbocycles.